The van der Waals surface area contributed by atoms with Gasteiger partial charge in [0.15, 0.2) is 0 Å². The van der Waals surface area contributed by atoms with Crippen molar-refractivity contribution in [2.45, 2.75) is 71.3 Å². The van der Waals surface area contributed by atoms with E-state index in [1.165, 1.54) is 38.5 Å². The zero-order chi connectivity index (χ0) is 13.4. The van der Waals surface area contributed by atoms with Crippen molar-refractivity contribution < 1.29 is 9.90 Å². The summed E-state index contributed by atoms with van der Waals surface area (Å²) in [6.07, 6.45) is 10.0. The van der Waals surface area contributed by atoms with Crippen molar-refractivity contribution in [3.63, 3.8) is 0 Å². The first-order valence-corrected chi connectivity index (χ1v) is 7.55. The van der Waals surface area contributed by atoms with Crippen LogP contribution in [0.15, 0.2) is 0 Å². The van der Waals surface area contributed by atoms with Crippen LogP contribution in [0.3, 0.4) is 0 Å². The highest BCUT2D eigenvalue weighted by Gasteiger charge is 2.19. The smallest absolute Gasteiger partial charge is 0.320 e. The summed E-state index contributed by atoms with van der Waals surface area (Å²) in [5, 5.41) is 12.4. The fraction of sp³-hybridized carbons (Fsp3) is 0.933. The summed E-state index contributed by atoms with van der Waals surface area (Å²) in [5.74, 6) is 0.537. The van der Waals surface area contributed by atoms with Crippen molar-refractivity contribution in [3.05, 3.63) is 0 Å². The van der Waals surface area contributed by atoms with Gasteiger partial charge in [0.25, 0.3) is 0 Å². The molecule has 1 rings (SSSR count). The van der Waals surface area contributed by atoms with E-state index in [-0.39, 0.29) is 6.04 Å². The van der Waals surface area contributed by atoms with Gasteiger partial charge in [-0.1, -0.05) is 52.4 Å². The van der Waals surface area contributed by atoms with E-state index in [0.29, 0.717) is 5.92 Å². The second-order valence-electron chi connectivity index (χ2n) is 6.12. The quantitative estimate of drug-likeness (QED) is 0.685. The molecule has 1 aliphatic carbocycles. The van der Waals surface area contributed by atoms with Crippen LogP contribution in [0.4, 0.5) is 0 Å². The number of hydrogen-bond acceptors (Lipinski definition) is 2. The Labute approximate surface area is 111 Å². The lowest BCUT2D eigenvalue weighted by atomic mass is 9.96. The molecule has 0 spiro atoms. The predicted octanol–water partition coefficient (Wildman–Crippen LogP) is 3.44. The molecule has 0 saturated heterocycles. The maximum Gasteiger partial charge on any atom is 0.320 e. The maximum absolute atomic E-state index is 11.1. The topological polar surface area (TPSA) is 49.3 Å². The van der Waals surface area contributed by atoms with Gasteiger partial charge in [-0.2, -0.15) is 0 Å². The molecule has 0 aromatic rings. The van der Waals surface area contributed by atoms with Crippen molar-refractivity contribution in [1.29, 1.82) is 0 Å². The average molecular weight is 255 g/mol. The summed E-state index contributed by atoms with van der Waals surface area (Å²) >= 11 is 0. The lowest BCUT2D eigenvalue weighted by Crippen LogP contribution is -2.38. The van der Waals surface area contributed by atoms with E-state index in [0.717, 1.165) is 25.3 Å². The van der Waals surface area contributed by atoms with Crippen LogP contribution < -0.4 is 5.32 Å². The van der Waals surface area contributed by atoms with E-state index >= 15 is 0 Å². The van der Waals surface area contributed by atoms with Crippen LogP contribution in [0.2, 0.25) is 0 Å². The summed E-state index contributed by atoms with van der Waals surface area (Å²) in [7, 11) is 0. The van der Waals surface area contributed by atoms with Crippen LogP contribution in [0.25, 0.3) is 0 Å². The molecular weight excluding hydrogens is 226 g/mol. The molecule has 3 heteroatoms. The van der Waals surface area contributed by atoms with E-state index in [1.807, 2.05) is 0 Å². The Kier molecular flexibility index (Phi) is 7.33. The van der Waals surface area contributed by atoms with Gasteiger partial charge in [-0.3, -0.25) is 4.79 Å². The summed E-state index contributed by atoms with van der Waals surface area (Å²) in [5.41, 5.74) is 0. The lowest BCUT2D eigenvalue weighted by Gasteiger charge is -2.19. The van der Waals surface area contributed by atoms with E-state index in [2.05, 4.69) is 19.2 Å². The van der Waals surface area contributed by atoms with Gasteiger partial charge in [0.05, 0.1) is 0 Å². The minimum absolute atomic E-state index is 0.365. The van der Waals surface area contributed by atoms with Gasteiger partial charge in [-0.25, -0.2) is 0 Å². The molecule has 1 unspecified atom stereocenters. The van der Waals surface area contributed by atoms with E-state index in [1.54, 1.807) is 0 Å². The van der Waals surface area contributed by atoms with Crippen LogP contribution >= 0.6 is 0 Å². The minimum atomic E-state index is -0.704. The van der Waals surface area contributed by atoms with Crippen molar-refractivity contribution in [2.24, 2.45) is 11.8 Å². The first-order valence-electron chi connectivity index (χ1n) is 7.55. The average Bonchev–Trinajstić information content (AvgIpc) is 2.55. The molecule has 0 aliphatic heterocycles. The molecule has 0 heterocycles. The third-order valence-corrected chi connectivity index (χ3v) is 3.92. The van der Waals surface area contributed by atoms with Crippen molar-refractivity contribution in [2.75, 3.05) is 6.54 Å². The highest BCUT2D eigenvalue weighted by atomic mass is 16.4. The number of nitrogens with one attached hydrogen (secondary N) is 1. The summed E-state index contributed by atoms with van der Waals surface area (Å²) in [6.45, 7) is 5.00. The fourth-order valence-electron chi connectivity index (χ4n) is 2.86. The number of carbonyl (C=O) groups is 1. The van der Waals surface area contributed by atoms with E-state index in [4.69, 9.17) is 5.11 Å². The van der Waals surface area contributed by atoms with Crippen LogP contribution in [-0.4, -0.2) is 23.7 Å². The molecule has 1 fully saturated rings. The molecule has 1 atom stereocenters. The number of aliphatic carboxylic acids is 1. The summed E-state index contributed by atoms with van der Waals surface area (Å²) in [4.78, 5) is 11.1. The normalized spacial score (nSPS) is 19.7. The third-order valence-electron chi connectivity index (χ3n) is 3.92. The van der Waals surface area contributed by atoms with Gasteiger partial charge in [-0.15, -0.1) is 0 Å². The second kappa shape index (κ2) is 8.52. The Morgan fingerprint density at radius 2 is 1.83 bits per heavy atom. The standard InChI is InChI=1S/C15H29NO2/c1-12(2)11-14(15(17)18)16-10-9-13-7-5-3-4-6-8-13/h12-14,16H,3-11H2,1-2H3,(H,17,18). The Morgan fingerprint density at radius 1 is 1.22 bits per heavy atom. The first kappa shape index (κ1) is 15.5. The number of carboxylic acid groups (broad SMARTS) is 1. The highest BCUT2D eigenvalue weighted by Crippen LogP contribution is 2.24. The maximum atomic E-state index is 11.1. The minimum Gasteiger partial charge on any atom is -0.480 e. The molecule has 106 valence electrons. The first-order chi connectivity index (χ1) is 8.59. The van der Waals surface area contributed by atoms with Crippen molar-refractivity contribution >= 4 is 5.97 Å². The SMILES string of the molecule is CC(C)CC(NCCC1CCCCCC1)C(=O)O. The predicted molar refractivity (Wildman–Crippen MR) is 74.7 cm³/mol. The van der Waals surface area contributed by atoms with Gasteiger partial charge in [-0.05, 0) is 31.2 Å². The van der Waals surface area contributed by atoms with Gasteiger partial charge in [0, 0.05) is 0 Å². The Balaban J connectivity index is 2.22. The number of rotatable bonds is 7. The van der Waals surface area contributed by atoms with Crippen LogP contribution in [-0.2, 0) is 4.79 Å². The molecule has 1 saturated carbocycles. The second-order valence-corrected chi connectivity index (χ2v) is 6.12. The number of carboxylic acids is 1. The summed E-state index contributed by atoms with van der Waals surface area (Å²) in [6, 6.07) is -0.365. The largest absolute Gasteiger partial charge is 0.480 e. The van der Waals surface area contributed by atoms with Crippen LogP contribution in [0, 0.1) is 11.8 Å². The molecule has 0 radical (unpaired) electrons. The Bertz CT molecular complexity index is 233. The number of hydrogen-bond donors (Lipinski definition) is 2. The molecule has 0 bridgehead atoms. The fourth-order valence-corrected chi connectivity index (χ4v) is 2.86. The molecule has 0 aromatic carbocycles. The van der Waals surface area contributed by atoms with Gasteiger partial charge < -0.3 is 10.4 Å². The zero-order valence-corrected chi connectivity index (χ0v) is 12.0. The molecule has 1 aliphatic rings. The van der Waals surface area contributed by atoms with Crippen LogP contribution in [0.1, 0.15) is 65.2 Å². The zero-order valence-electron chi connectivity index (χ0n) is 12.0. The molecule has 0 aromatic heterocycles. The molecule has 3 nitrogen and oxygen atoms in total. The molecular formula is C15H29NO2. The Hall–Kier alpha value is -0.570. The third kappa shape index (κ3) is 6.39. The lowest BCUT2D eigenvalue weighted by molar-refractivity contribution is -0.139. The van der Waals surface area contributed by atoms with Gasteiger partial charge >= 0.3 is 5.97 Å². The Morgan fingerprint density at radius 3 is 2.33 bits per heavy atom. The van der Waals surface area contributed by atoms with E-state index < -0.39 is 5.97 Å². The molecule has 2 N–H and O–H groups in total. The van der Waals surface area contributed by atoms with Crippen LogP contribution in [0.5, 0.6) is 0 Å². The van der Waals surface area contributed by atoms with Gasteiger partial charge in [0.2, 0.25) is 0 Å². The van der Waals surface area contributed by atoms with Gasteiger partial charge in [0.1, 0.15) is 6.04 Å². The van der Waals surface area contributed by atoms with Crippen molar-refractivity contribution in [3.8, 4) is 0 Å². The summed E-state index contributed by atoms with van der Waals surface area (Å²) < 4.78 is 0. The van der Waals surface area contributed by atoms with Crippen molar-refractivity contribution in [1.82, 2.24) is 5.32 Å². The molecule has 0 amide bonds. The highest BCUT2D eigenvalue weighted by molar-refractivity contribution is 5.73. The van der Waals surface area contributed by atoms with E-state index in [9.17, 15) is 4.79 Å². The monoisotopic (exact) mass is 255 g/mol. The molecule has 18 heavy (non-hydrogen) atoms.